The average molecular weight is 469 g/mol. The Kier molecular flexibility index (Phi) is 9.69. The van der Waals surface area contributed by atoms with Crippen LogP contribution in [0.1, 0.15) is 48.0 Å². The Morgan fingerprint density at radius 3 is 2.50 bits per heavy atom. The number of nitrogens with zero attached hydrogens (tertiary/aromatic N) is 3. The zero-order valence-corrected chi connectivity index (χ0v) is 20.2. The number of anilines is 1. The Morgan fingerprint density at radius 2 is 1.97 bits per heavy atom. The van der Waals surface area contributed by atoms with Gasteiger partial charge in [0, 0.05) is 19.1 Å². The topological polar surface area (TPSA) is 132 Å². The average Bonchev–Trinajstić information content (AvgIpc) is 3.18. The lowest BCUT2D eigenvalue weighted by Crippen LogP contribution is -2.36. The normalized spacial score (nSPS) is 12.2. The quantitative estimate of drug-likeness (QED) is 0.308. The molecule has 3 rings (SSSR count). The third-order valence-electron chi connectivity index (χ3n) is 5.07. The number of carbonyl (C=O) groups is 2. The van der Waals surface area contributed by atoms with Crippen molar-refractivity contribution in [3.63, 3.8) is 0 Å². The molecule has 2 aromatic rings. The molecule has 0 saturated heterocycles. The summed E-state index contributed by atoms with van der Waals surface area (Å²) in [5.41, 5.74) is 3.10. The van der Waals surface area contributed by atoms with Gasteiger partial charge in [-0.15, -0.1) is 0 Å². The molecular weight excluding hydrogens is 436 g/mol. The van der Waals surface area contributed by atoms with E-state index < -0.39 is 0 Å². The third kappa shape index (κ3) is 6.61. The Hall–Kier alpha value is -3.79. The fourth-order valence-electron chi connectivity index (χ4n) is 3.44. The zero-order chi connectivity index (χ0) is 25.3. The van der Waals surface area contributed by atoms with Crippen LogP contribution in [0.3, 0.4) is 0 Å². The summed E-state index contributed by atoms with van der Waals surface area (Å²) < 4.78 is 9.59. The van der Waals surface area contributed by atoms with Crippen LogP contribution >= 0.6 is 0 Å². The van der Waals surface area contributed by atoms with E-state index in [1.165, 1.54) is 4.90 Å². The van der Waals surface area contributed by atoms with Crippen LogP contribution in [0.5, 0.6) is 5.75 Å². The first-order valence-electron chi connectivity index (χ1n) is 10.8. The van der Waals surface area contributed by atoms with E-state index in [4.69, 9.17) is 15.6 Å². The Bertz CT molecular complexity index is 1040. The molecule has 0 spiro atoms. The van der Waals surface area contributed by atoms with Crippen LogP contribution < -0.4 is 10.1 Å². The van der Waals surface area contributed by atoms with Gasteiger partial charge in [0.1, 0.15) is 17.3 Å². The first-order chi connectivity index (χ1) is 16.2. The zero-order valence-electron chi connectivity index (χ0n) is 20.2. The summed E-state index contributed by atoms with van der Waals surface area (Å²) in [5, 5.41) is 18.6. The minimum atomic E-state index is -0.317. The van der Waals surface area contributed by atoms with Crippen molar-refractivity contribution in [1.82, 2.24) is 14.8 Å². The first kappa shape index (κ1) is 26.5. The number of carbonyl (C=O) groups excluding carboxylic acids is 2. The van der Waals surface area contributed by atoms with Gasteiger partial charge in [0.15, 0.2) is 5.84 Å². The van der Waals surface area contributed by atoms with Crippen molar-refractivity contribution in [1.29, 1.82) is 10.8 Å². The number of aromatic nitrogens is 1. The number of ether oxygens (including phenoxy) is 2. The lowest BCUT2D eigenvalue weighted by Gasteiger charge is -2.23. The van der Waals surface area contributed by atoms with E-state index in [9.17, 15) is 9.59 Å². The van der Waals surface area contributed by atoms with E-state index in [1.807, 2.05) is 33.0 Å². The smallest absolute Gasteiger partial charge is 0.293 e. The summed E-state index contributed by atoms with van der Waals surface area (Å²) in [4.78, 5) is 30.1. The van der Waals surface area contributed by atoms with Crippen molar-refractivity contribution in [3.05, 3.63) is 52.7 Å². The Balaban J connectivity index is 0.000000739. The van der Waals surface area contributed by atoms with Gasteiger partial charge in [-0.25, -0.2) is 4.98 Å². The van der Waals surface area contributed by atoms with E-state index in [0.29, 0.717) is 35.9 Å². The monoisotopic (exact) mass is 468 g/mol. The number of methoxy groups -OCH3 is 1. The number of hydrogen-bond donors (Lipinski definition) is 3. The van der Waals surface area contributed by atoms with Crippen molar-refractivity contribution in [3.8, 4) is 5.75 Å². The third-order valence-corrected chi connectivity index (χ3v) is 5.07. The van der Waals surface area contributed by atoms with Gasteiger partial charge in [-0.05, 0) is 63.2 Å². The summed E-state index contributed by atoms with van der Waals surface area (Å²) in [6, 6.07) is 8.82. The van der Waals surface area contributed by atoms with Crippen LogP contribution in [0.15, 0.2) is 30.3 Å². The minimum Gasteiger partial charge on any atom is -0.496 e. The molecule has 1 aromatic carbocycles. The molecule has 1 aliphatic heterocycles. The molecule has 0 fully saturated rings. The number of fused-ring (bicyclic) bond motifs is 1. The predicted octanol–water partition coefficient (Wildman–Crippen LogP) is 3.11. The molecular formula is C24H32N6O4. The van der Waals surface area contributed by atoms with Crippen molar-refractivity contribution in [2.75, 3.05) is 26.1 Å². The van der Waals surface area contributed by atoms with Crippen LogP contribution in [0.4, 0.5) is 5.82 Å². The molecule has 0 atom stereocenters. The number of nitrogens with one attached hydrogen (secondary N) is 3. The molecule has 1 aromatic heterocycles. The van der Waals surface area contributed by atoms with Crippen LogP contribution in [-0.4, -0.2) is 66.1 Å². The maximum Gasteiger partial charge on any atom is 0.293 e. The van der Waals surface area contributed by atoms with Gasteiger partial charge in [0.25, 0.3) is 12.4 Å². The van der Waals surface area contributed by atoms with Crippen LogP contribution in [0.2, 0.25) is 0 Å². The highest BCUT2D eigenvalue weighted by atomic mass is 16.5. The van der Waals surface area contributed by atoms with Crippen LogP contribution in [-0.2, 0) is 22.6 Å². The summed E-state index contributed by atoms with van der Waals surface area (Å²) in [6.45, 7) is 8.07. The van der Waals surface area contributed by atoms with Gasteiger partial charge in [0.2, 0.25) is 0 Å². The molecule has 0 unspecified atom stereocenters. The van der Waals surface area contributed by atoms with Crippen molar-refractivity contribution in [2.24, 2.45) is 0 Å². The molecule has 0 bridgehead atoms. The van der Waals surface area contributed by atoms with E-state index in [1.54, 1.807) is 32.2 Å². The second-order valence-electron chi connectivity index (χ2n) is 7.89. The van der Waals surface area contributed by atoms with E-state index in [-0.39, 0.29) is 17.8 Å². The minimum absolute atomic E-state index is 0.0474. The summed E-state index contributed by atoms with van der Waals surface area (Å²) in [5.74, 6) is 0.647. The summed E-state index contributed by atoms with van der Waals surface area (Å²) >= 11 is 0. The van der Waals surface area contributed by atoms with Crippen molar-refractivity contribution >= 4 is 30.4 Å². The first-order valence-corrected chi connectivity index (χ1v) is 10.8. The van der Waals surface area contributed by atoms with Gasteiger partial charge in [0.05, 0.1) is 25.6 Å². The number of rotatable bonds is 8. The number of amides is 1. The molecule has 10 nitrogen and oxygen atoms in total. The van der Waals surface area contributed by atoms with Gasteiger partial charge >= 0.3 is 0 Å². The van der Waals surface area contributed by atoms with Gasteiger partial charge in [-0.3, -0.25) is 25.3 Å². The second kappa shape index (κ2) is 12.4. The number of pyridine rings is 1. The maximum absolute atomic E-state index is 12.9. The van der Waals surface area contributed by atoms with Crippen molar-refractivity contribution < 1.29 is 19.1 Å². The highest BCUT2D eigenvalue weighted by Crippen LogP contribution is 2.30. The molecule has 1 aliphatic rings. The molecule has 3 N–H and O–H groups in total. The van der Waals surface area contributed by atoms with E-state index >= 15 is 0 Å². The van der Waals surface area contributed by atoms with Crippen LogP contribution in [0, 0.1) is 10.8 Å². The SMILES string of the molecule is CCOC=O.COc1cc2c(cc1C(=O)Nc1cccc(C(=N)N(C=N)C(C)C)n1)CN(C)C2. The second-order valence-corrected chi connectivity index (χ2v) is 7.89. The lowest BCUT2D eigenvalue weighted by molar-refractivity contribution is -0.128. The molecule has 10 heteroatoms. The number of amidine groups is 1. The summed E-state index contributed by atoms with van der Waals surface area (Å²) in [6.07, 6.45) is 1.10. The van der Waals surface area contributed by atoms with Crippen molar-refractivity contribution in [2.45, 2.75) is 39.9 Å². The lowest BCUT2D eigenvalue weighted by atomic mass is 10.0. The molecule has 0 radical (unpaired) electrons. The molecule has 2 heterocycles. The Morgan fingerprint density at radius 1 is 1.29 bits per heavy atom. The highest BCUT2D eigenvalue weighted by molar-refractivity contribution is 6.06. The highest BCUT2D eigenvalue weighted by Gasteiger charge is 2.22. The Labute approximate surface area is 199 Å². The van der Waals surface area contributed by atoms with E-state index in [0.717, 1.165) is 30.6 Å². The molecule has 0 aliphatic carbocycles. The van der Waals surface area contributed by atoms with Gasteiger partial charge in [-0.1, -0.05) is 6.07 Å². The number of benzene rings is 1. The molecule has 182 valence electrons. The number of hydrogen-bond acceptors (Lipinski definition) is 8. The maximum atomic E-state index is 12.9. The van der Waals surface area contributed by atoms with Gasteiger partial charge < -0.3 is 19.7 Å². The fraction of sp³-hybridized carbons (Fsp3) is 0.375. The van der Waals surface area contributed by atoms with E-state index in [2.05, 4.69) is 19.9 Å². The standard InChI is InChI=1S/C21H26N6O2.C3H6O2/c1-13(2)27(12-22)20(23)17-6-5-7-19(24-17)25-21(28)16-8-14-10-26(3)11-15(14)9-18(16)29-4;1-2-5-3-4/h5-9,12-13,22-23H,10-11H2,1-4H3,(H,24,25,28);3H,2H2,1H3. The predicted molar refractivity (Wildman–Crippen MR) is 131 cm³/mol. The summed E-state index contributed by atoms with van der Waals surface area (Å²) in [7, 11) is 3.58. The largest absolute Gasteiger partial charge is 0.496 e. The molecule has 1 amide bonds. The molecule has 0 saturated carbocycles. The van der Waals surface area contributed by atoms with Gasteiger partial charge in [-0.2, -0.15) is 0 Å². The van der Waals surface area contributed by atoms with Crippen LogP contribution in [0.25, 0.3) is 0 Å². The molecule has 34 heavy (non-hydrogen) atoms. The fourth-order valence-corrected chi connectivity index (χ4v) is 3.44.